The smallest absolute Gasteiger partial charge is 0.138 e. The van der Waals surface area contributed by atoms with Crippen molar-refractivity contribution in [1.29, 1.82) is 0 Å². The Morgan fingerprint density at radius 3 is 2.71 bits per heavy atom. The minimum atomic E-state index is -0.859. The number of hydrogen-bond donors (Lipinski definition) is 2. The van der Waals surface area contributed by atoms with Gasteiger partial charge in [-0.2, -0.15) is 0 Å². The molecule has 0 heterocycles. The fourth-order valence-electron chi connectivity index (χ4n) is 1.28. The normalized spacial score (nSPS) is 14.6. The molecule has 0 bridgehead atoms. The minimum Gasteiger partial charge on any atom is -0.506 e. The van der Waals surface area contributed by atoms with Crippen molar-refractivity contribution < 1.29 is 9.32 Å². The van der Waals surface area contributed by atoms with E-state index in [4.69, 9.17) is 23.2 Å². The van der Waals surface area contributed by atoms with Crippen LogP contribution in [0.1, 0.15) is 12.5 Å². The highest BCUT2D eigenvalue weighted by Crippen LogP contribution is 2.30. The second kappa shape index (κ2) is 6.59. The molecule has 0 radical (unpaired) electrons. The maximum atomic E-state index is 11.1. The number of halogens is 2. The van der Waals surface area contributed by atoms with Crippen molar-refractivity contribution in [3.8, 4) is 5.75 Å². The molecule has 0 aromatic heterocycles. The molecule has 17 heavy (non-hydrogen) atoms. The number of benzene rings is 1. The molecule has 2 atom stereocenters. The van der Waals surface area contributed by atoms with Crippen molar-refractivity contribution in [2.45, 2.75) is 18.7 Å². The van der Waals surface area contributed by atoms with Crippen molar-refractivity contribution in [1.82, 2.24) is 5.32 Å². The SMILES string of the molecule is CC(CNCc1cc(Cl)cc(Cl)c1O)S(C)=O. The Kier molecular flexibility index (Phi) is 5.73. The lowest BCUT2D eigenvalue weighted by atomic mass is 10.2. The zero-order valence-electron chi connectivity index (χ0n) is 9.67. The molecular weight excluding hydrogens is 281 g/mol. The van der Waals surface area contributed by atoms with Crippen LogP contribution in [0.25, 0.3) is 0 Å². The van der Waals surface area contributed by atoms with Crippen molar-refractivity contribution in [3.05, 3.63) is 27.7 Å². The first kappa shape index (κ1) is 14.8. The maximum Gasteiger partial charge on any atom is 0.138 e. The first-order valence-electron chi connectivity index (χ1n) is 5.11. The third kappa shape index (κ3) is 4.47. The van der Waals surface area contributed by atoms with Gasteiger partial charge in [-0.15, -0.1) is 0 Å². The molecule has 0 aliphatic heterocycles. The molecule has 2 unspecified atom stereocenters. The largest absolute Gasteiger partial charge is 0.506 e. The molecule has 6 heteroatoms. The topological polar surface area (TPSA) is 49.3 Å². The van der Waals surface area contributed by atoms with Crippen LogP contribution >= 0.6 is 23.2 Å². The van der Waals surface area contributed by atoms with Gasteiger partial charge in [0, 0.05) is 46.0 Å². The number of phenols is 1. The van der Waals surface area contributed by atoms with Gasteiger partial charge in [0.2, 0.25) is 0 Å². The summed E-state index contributed by atoms with van der Waals surface area (Å²) < 4.78 is 11.1. The maximum absolute atomic E-state index is 11.1. The summed E-state index contributed by atoms with van der Waals surface area (Å²) in [5.41, 5.74) is 0.636. The Morgan fingerprint density at radius 2 is 2.12 bits per heavy atom. The second-order valence-electron chi connectivity index (χ2n) is 3.84. The van der Waals surface area contributed by atoms with Crippen molar-refractivity contribution in [2.75, 3.05) is 12.8 Å². The van der Waals surface area contributed by atoms with Gasteiger partial charge in [-0.1, -0.05) is 23.2 Å². The fourth-order valence-corrected chi connectivity index (χ4v) is 2.17. The summed E-state index contributed by atoms with van der Waals surface area (Å²) >= 11 is 11.6. The zero-order valence-corrected chi connectivity index (χ0v) is 12.0. The molecule has 0 aliphatic carbocycles. The number of aromatic hydroxyl groups is 1. The Hall–Kier alpha value is -0.290. The first-order valence-corrected chi connectivity index (χ1v) is 7.49. The Morgan fingerprint density at radius 1 is 1.47 bits per heavy atom. The van der Waals surface area contributed by atoms with E-state index in [9.17, 15) is 9.32 Å². The lowest BCUT2D eigenvalue weighted by molar-refractivity contribution is 0.465. The van der Waals surface area contributed by atoms with Crippen LogP contribution in [-0.2, 0) is 17.3 Å². The highest BCUT2D eigenvalue weighted by atomic mass is 35.5. The van der Waals surface area contributed by atoms with E-state index in [0.29, 0.717) is 23.7 Å². The molecule has 96 valence electrons. The molecule has 0 saturated carbocycles. The Bertz CT molecular complexity index is 426. The summed E-state index contributed by atoms with van der Waals surface area (Å²) in [6, 6.07) is 3.15. The molecule has 3 nitrogen and oxygen atoms in total. The highest BCUT2D eigenvalue weighted by Gasteiger charge is 2.09. The Balaban J connectivity index is 2.61. The third-order valence-corrected chi connectivity index (χ3v) is 4.23. The van der Waals surface area contributed by atoms with E-state index in [1.54, 1.807) is 12.3 Å². The van der Waals surface area contributed by atoms with Crippen LogP contribution in [0.4, 0.5) is 0 Å². The van der Waals surface area contributed by atoms with Crippen LogP contribution in [0, 0.1) is 0 Å². The van der Waals surface area contributed by atoms with E-state index >= 15 is 0 Å². The molecular formula is C11H15Cl2NO2S. The molecule has 1 aromatic carbocycles. The van der Waals surface area contributed by atoms with Crippen molar-refractivity contribution in [3.63, 3.8) is 0 Å². The van der Waals surface area contributed by atoms with Gasteiger partial charge in [0.15, 0.2) is 0 Å². The van der Waals surface area contributed by atoms with Crippen LogP contribution in [0.2, 0.25) is 10.0 Å². The average molecular weight is 296 g/mol. The predicted octanol–water partition coefficient (Wildman–Crippen LogP) is 2.56. The van der Waals surface area contributed by atoms with Crippen molar-refractivity contribution >= 4 is 34.0 Å². The standard InChI is InChI=1S/C11H15Cl2NO2S/c1-7(17(2)16)5-14-6-8-3-9(12)4-10(13)11(8)15/h3-4,7,14-15H,5-6H2,1-2H3. The van der Waals surface area contributed by atoms with E-state index in [1.165, 1.54) is 6.07 Å². The van der Waals surface area contributed by atoms with E-state index in [1.807, 2.05) is 6.92 Å². The Labute approximate surface area is 114 Å². The average Bonchev–Trinajstić information content (AvgIpc) is 2.24. The van der Waals surface area contributed by atoms with Crippen LogP contribution in [0.5, 0.6) is 5.75 Å². The van der Waals surface area contributed by atoms with Gasteiger partial charge in [-0.25, -0.2) is 0 Å². The second-order valence-corrected chi connectivity index (χ2v) is 6.48. The summed E-state index contributed by atoms with van der Waals surface area (Å²) in [6.45, 7) is 2.94. The van der Waals surface area contributed by atoms with E-state index in [-0.39, 0.29) is 16.0 Å². The van der Waals surface area contributed by atoms with Gasteiger partial charge in [-0.3, -0.25) is 4.21 Å². The first-order chi connectivity index (χ1) is 7.91. The number of nitrogens with one attached hydrogen (secondary N) is 1. The predicted molar refractivity (Wildman–Crippen MR) is 73.4 cm³/mol. The minimum absolute atomic E-state index is 0.0360. The summed E-state index contributed by atoms with van der Waals surface area (Å²) in [5.74, 6) is 0.0360. The molecule has 0 aliphatic rings. The third-order valence-electron chi connectivity index (χ3n) is 2.42. The van der Waals surface area contributed by atoms with Gasteiger partial charge in [0.05, 0.1) is 5.02 Å². The van der Waals surface area contributed by atoms with Crippen molar-refractivity contribution in [2.24, 2.45) is 0 Å². The summed E-state index contributed by atoms with van der Waals surface area (Å²) in [7, 11) is -0.859. The quantitative estimate of drug-likeness (QED) is 0.878. The summed E-state index contributed by atoms with van der Waals surface area (Å²) in [6.07, 6.45) is 1.67. The van der Waals surface area contributed by atoms with Gasteiger partial charge in [0.25, 0.3) is 0 Å². The van der Waals surface area contributed by atoms with Gasteiger partial charge in [0.1, 0.15) is 5.75 Å². The monoisotopic (exact) mass is 295 g/mol. The molecule has 0 amide bonds. The summed E-state index contributed by atoms with van der Waals surface area (Å²) in [4.78, 5) is 0. The number of hydrogen-bond acceptors (Lipinski definition) is 3. The molecule has 0 fully saturated rings. The van der Waals surface area contributed by atoms with E-state index in [0.717, 1.165) is 0 Å². The lowest BCUT2D eigenvalue weighted by Gasteiger charge is -2.11. The molecule has 0 saturated heterocycles. The zero-order chi connectivity index (χ0) is 13.0. The highest BCUT2D eigenvalue weighted by molar-refractivity contribution is 7.84. The molecule has 0 spiro atoms. The van der Waals surface area contributed by atoms with Crippen LogP contribution in [0.3, 0.4) is 0 Å². The molecule has 1 aromatic rings. The molecule has 1 rings (SSSR count). The van der Waals surface area contributed by atoms with E-state index in [2.05, 4.69) is 5.32 Å². The van der Waals surface area contributed by atoms with Crippen LogP contribution in [0.15, 0.2) is 12.1 Å². The van der Waals surface area contributed by atoms with E-state index < -0.39 is 10.8 Å². The summed E-state index contributed by atoms with van der Waals surface area (Å²) in [5, 5.41) is 13.6. The number of rotatable bonds is 5. The molecule has 2 N–H and O–H groups in total. The van der Waals surface area contributed by atoms with Crippen LogP contribution < -0.4 is 5.32 Å². The van der Waals surface area contributed by atoms with Gasteiger partial charge in [-0.05, 0) is 19.1 Å². The fraction of sp³-hybridized carbons (Fsp3) is 0.455. The lowest BCUT2D eigenvalue weighted by Crippen LogP contribution is -2.27. The van der Waals surface area contributed by atoms with Crippen LogP contribution in [-0.4, -0.2) is 27.4 Å². The number of phenolic OH excluding ortho intramolecular Hbond substituents is 1. The van der Waals surface area contributed by atoms with Gasteiger partial charge < -0.3 is 10.4 Å². The van der Waals surface area contributed by atoms with Gasteiger partial charge >= 0.3 is 0 Å².